The average Bonchev–Trinajstić information content (AvgIpc) is 2.69. The van der Waals surface area contributed by atoms with Gasteiger partial charge in [0.05, 0.1) is 12.5 Å². The quantitative estimate of drug-likeness (QED) is 0.382. The Labute approximate surface area is 174 Å². The van der Waals surface area contributed by atoms with Crippen molar-refractivity contribution in [3.63, 3.8) is 0 Å². The van der Waals surface area contributed by atoms with E-state index < -0.39 is 48.4 Å². The lowest BCUT2D eigenvalue weighted by Gasteiger charge is -2.24. The van der Waals surface area contributed by atoms with Gasteiger partial charge in [0.1, 0.15) is 25.0 Å². The van der Waals surface area contributed by atoms with Crippen molar-refractivity contribution in [1.82, 2.24) is 16.0 Å². The minimum absolute atomic E-state index is 0.0363. The third-order valence-electron chi connectivity index (χ3n) is 4.07. The van der Waals surface area contributed by atoms with Gasteiger partial charge in [0, 0.05) is 0 Å². The van der Waals surface area contributed by atoms with E-state index in [1.165, 1.54) is 6.92 Å². The van der Waals surface area contributed by atoms with Crippen molar-refractivity contribution >= 4 is 30.2 Å². The largest absolute Gasteiger partial charge is 0.481 e. The summed E-state index contributed by atoms with van der Waals surface area (Å²) >= 11 is 0. The number of alkyl carbamates (subject to hydrolysis) is 1. The molecule has 1 aromatic carbocycles. The van der Waals surface area contributed by atoms with Gasteiger partial charge in [0.25, 0.3) is 0 Å². The fourth-order valence-electron chi connectivity index (χ4n) is 2.42. The Bertz CT molecular complexity index is 752. The van der Waals surface area contributed by atoms with Gasteiger partial charge < -0.3 is 30.6 Å². The second kappa shape index (κ2) is 12.2. The molecular weight excluding hydrogens is 394 g/mol. The Balaban J connectivity index is 2.60. The Morgan fingerprint density at radius 2 is 1.63 bits per heavy atom. The van der Waals surface area contributed by atoms with Gasteiger partial charge in [-0.25, -0.2) is 4.79 Å². The summed E-state index contributed by atoms with van der Waals surface area (Å²) in [4.78, 5) is 58.2. The van der Waals surface area contributed by atoms with Crippen LogP contribution >= 0.6 is 0 Å². The van der Waals surface area contributed by atoms with Gasteiger partial charge in [-0.2, -0.15) is 0 Å². The van der Waals surface area contributed by atoms with Crippen LogP contribution in [0.5, 0.6) is 0 Å². The highest BCUT2D eigenvalue weighted by Crippen LogP contribution is 2.05. The number of amides is 3. The Hall–Kier alpha value is -3.43. The number of carboxylic acid groups (broad SMARTS) is 1. The molecule has 1 rings (SSSR count). The van der Waals surface area contributed by atoms with Crippen LogP contribution in [0.3, 0.4) is 0 Å². The van der Waals surface area contributed by atoms with Gasteiger partial charge in [-0.15, -0.1) is 0 Å². The zero-order chi connectivity index (χ0) is 22.7. The molecule has 0 aliphatic carbocycles. The molecule has 0 aliphatic heterocycles. The first-order valence-electron chi connectivity index (χ1n) is 9.39. The maximum Gasteiger partial charge on any atom is 0.408 e. The van der Waals surface area contributed by atoms with Crippen molar-refractivity contribution in [2.75, 3.05) is 0 Å². The van der Waals surface area contributed by atoms with E-state index in [0.717, 1.165) is 5.56 Å². The molecule has 10 heteroatoms. The second-order valence-electron chi connectivity index (χ2n) is 7.01. The molecule has 0 aliphatic rings. The van der Waals surface area contributed by atoms with E-state index >= 15 is 0 Å². The zero-order valence-corrected chi connectivity index (χ0v) is 17.1. The molecule has 10 nitrogen and oxygen atoms in total. The monoisotopic (exact) mass is 421 g/mol. The highest BCUT2D eigenvalue weighted by atomic mass is 16.5. The minimum atomic E-state index is -1.25. The molecule has 0 spiro atoms. The second-order valence-corrected chi connectivity index (χ2v) is 7.01. The first-order chi connectivity index (χ1) is 14.1. The molecule has 0 radical (unpaired) electrons. The van der Waals surface area contributed by atoms with E-state index in [1.54, 1.807) is 38.1 Å². The van der Waals surface area contributed by atoms with Crippen molar-refractivity contribution in [3.05, 3.63) is 35.9 Å². The number of carbonyl (C=O) groups is 5. The molecule has 0 saturated carbocycles. The smallest absolute Gasteiger partial charge is 0.408 e. The normalized spacial score (nSPS) is 13.5. The molecule has 0 aromatic heterocycles. The topological polar surface area (TPSA) is 151 Å². The highest BCUT2D eigenvalue weighted by Gasteiger charge is 2.28. The summed E-state index contributed by atoms with van der Waals surface area (Å²) in [5.74, 6) is -2.90. The number of hydrogen-bond acceptors (Lipinski definition) is 6. The standard InChI is InChI=1S/C20H27N3O7/c1-12(2)17(23-20(29)30-11-14-7-5-4-6-8-14)19(28)21-13(3)18(27)22-15(10-24)9-16(25)26/h4-8,10,12-13,15,17H,9,11H2,1-3H3,(H,21,28)(H,22,27)(H,23,29)(H,25,26). The predicted octanol–water partition coefficient (Wildman–Crippen LogP) is 0.601. The van der Waals surface area contributed by atoms with E-state index in [1.807, 2.05) is 6.07 Å². The molecule has 0 heterocycles. The number of hydrogen-bond donors (Lipinski definition) is 4. The number of carbonyl (C=O) groups excluding carboxylic acids is 4. The van der Waals surface area contributed by atoms with Crippen molar-refractivity contribution in [2.45, 2.75) is 51.9 Å². The molecule has 3 amide bonds. The van der Waals surface area contributed by atoms with Crippen LogP contribution in [0.15, 0.2) is 30.3 Å². The van der Waals surface area contributed by atoms with Gasteiger partial charge in [-0.05, 0) is 18.4 Å². The third-order valence-corrected chi connectivity index (χ3v) is 4.07. The van der Waals surface area contributed by atoms with Gasteiger partial charge >= 0.3 is 12.1 Å². The minimum Gasteiger partial charge on any atom is -0.481 e. The summed E-state index contributed by atoms with van der Waals surface area (Å²) < 4.78 is 5.11. The number of ether oxygens (including phenoxy) is 1. The van der Waals surface area contributed by atoms with E-state index in [2.05, 4.69) is 16.0 Å². The molecule has 3 atom stereocenters. The third kappa shape index (κ3) is 8.72. The number of nitrogens with one attached hydrogen (secondary N) is 3. The van der Waals surface area contributed by atoms with Crippen LogP contribution in [0.25, 0.3) is 0 Å². The van der Waals surface area contributed by atoms with Crippen LogP contribution in [0, 0.1) is 5.92 Å². The first kappa shape index (κ1) is 24.6. The predicted molar refractivity (Wildman–Crippen MR) is 106 cm³/mol. The zero-order valence-electron chi connectivity index (χ0n) is 17.1. The summed E-state index contributed by atoms with van der Waals surface area (Å²) in [5, 5.41) is 15.9. The van der Waals surface area contributed by atoms with Crippen LogP contribution in [-0.2, 0) is 30.5 Å². The number of rotatable bonds is 11. The van der Waals surface area contributed by atoms with Crippen molar-refractivity contribution in [2.24, 2.45) is 5.92 Å². The highest BCUT2D eigenvalue weighted by molar-refractivity contribution is 5.92. The summed E-state index contributed by atoms with van der Waals surface area (Å²) in [6.45, 7) is 4.83. The van der Waals surface area contributed by atoms with E-state index in [9.17, 15) is 24.0 Å². The summed E-state index contributed by atoms with van der Waals surface area (Å²) in [6, 6.07) is 5.79. The first-order valence-corrected chi connectivity index (χ1v) is 9.39. The average molecular weight is 421 g/mol. The SMILES string of the molecule is CC(NC(=O)C(NC(=O)OCc1ccccc1)C(C)C)C(=O)NC(C=O)CC(=O)O. The Morgan fingerprint density at radius 3 is 2.17 bits per heavy atom. The fraction of sp³-hybridized carbons (Fsp3) is 0.450. The van der Waals surface area contributed by atoms with E-state index in [-0.39, 0.29) is 12.5 Å². The van der Waals surface area contributed by atoms with Gasteiger partial charge in [-0.3, -0.25) is 14.4 Å². The van der Waals surface area contributed by atoms with Crippen molar-refractivity contribution in [1.29, 1.82) is 0 Å². The van der Waals surface area contributed by atoms with E-state index in [4.69, 9.17) is 9.84 Å². The molecular formula is C20H27N3O7. The lowest BCUT2D eigenvalue weighted by atomic mass is 10.0. The van der Waals surface area contributed by atoms with Gasteiger partial charge in [0.15, 0.2) is 0 Å². The van der Waals surface area contributed by atoms with E-state index in [0.29, 0.717) is 6.29 Å². The molecule has 0 saturated heterocycles. The lowest BCUT2D eigenvalue weighted by molar-refractivity contribution is -0.139. The fourth-order valence-corrected chi connectivity index (χ4v) is 2.42. The molecule has 0 fully saturated rings. The Kier molecular flexibility index (Phi) is 10.0. The Morgan fingerprint density at radius 1 is 1.00 bits per heavy atom. The lowest BCUT2D eigenvalue weighted by Crippen LogP contribution is -2.55. The summed E-state index contributed by atoms with van der Waals surface area (Å²) in [7, 11) is 0. The number of aliphatic carboxylic acids is 1. The van der Waals surface area contributed by atoms with Crippen LogP contribution in [-0.4, -0.2) is 53.4 Å². The number of benzene rings is 1. The maximum atomic E-state index is 12.5. The molecule has 1 aromatic rings. The van der Waals surface area contributed by atoms with Crippen LogP contribution in [0.2, 0.25) is 0 Å². The van der Waals surface area contributed by atoms with Crippen molar-refractivity contribution in [3.8, 4) is 0 Å². The molecule has 3 unspecified atom stereocenters. The van der Waals surface area contributed by atoms with Gasteiger partial charge in [-0.1, -0.05) is 44.2 Å². The van der Waals surface area contributed by atoms with Crippen LogP contribution in [0.4, 0.5) is 4.79 Å². The molecule has 30 heavy (non-hydrogen) atoms. The van der Waals surface area contributed by atoms with Crippen molar-refractivity contribution < 1.29 is 33.8 Å². The summed E-state index contributed by atoms with van der Waals surface area (Å²) in [5.41, 5.74) is 0.787. The van der Waals surface area contributed by atoms with Crippen LogP contribution < -0.4 is 16.0 Å². The number of aldehydes is 1. The van der Waals surface area contributed by atoms with Crippen LogP contribution in [0.1, 0.15) is 32.8 Å². The number of carboxylic acids is 1. The molecule has 0 bridgehead atoms. The molecule has 164 valence electrons. The summed E-state index contributed by atoms with van der Waals surface area (Å²) in [6.07, 6.45) is -1.05. The molecule has 4 N–H and O–H groups in total. The maximum absolute atomic E-state index is 12.5. The van der Waals surface area contributed by atoms with Gasteiger partial charge in [0.2, 0.25) is 11.8 Å².